The first-order valence-electron chi connectivity index (χ1n) is 5.74. The summed E-state index contributed by atoms with van der Waals surface area (Å²) in [7, 11) is 0. The van der Waals surface area contributed by atoms with Crippen LogP contribution in [0, 0.1) is 20.2 Å². The van der Waals surface area contributed by atoms with Crippen LogP contribution in [0.25, 0.3) is 0 Å². The van der Waals surface area contributed by atoms with Gasteiger partial charge in [-0.25, -0.2) is 0 Å². The summed E-state index contributed by atoms with van der Waals surface area (Å²) in [6.07, 6.45) is 3.15. The summed E-state index contributed by atoms with van der Waals surface area (Å²) in [5, 5.41) is 31.4. The van der Waals surface area contributed by atoms with Gasteiger partial charge in [0.05, 0.1) is 26.1 Å². The van der Waals surface area contributed by atoms with Gasteiger partial charge in [0.15, 0.2) is 0 Å². The third kappa shape index (κ3) is 1.87. The van der Waals surface area contributed by atoms with Crippen molar-refractivity contribution in [1.29, 1.82) is 0 Å². The Bertz CT molecular complexity index is 412. The molecule has 1 N–H and O–H groups in total. The van der Waals surface area contributed by atoms with Crippen LogP contribution in [0.4, 0.5) is 0 Å². The molecule has 0 aromatic rings. The van der Waals surface area contributed by atoms with E-state index >= 15 is 0 Å². The largest absolute Gasteiger partial charge is 0.395 e. The Labute approximate surface area is 103 Å². The minimum atomic E-state index is -1.39. The molecule has 2 bridgehead atoms. The highest BCUT2D eigenvalue weighted by Crippen LogP contribution is 2.40. The van der Waals surface area contributed by atoms with Crippen molar-refractivity contribution in [2.75, 3.05) is 26.2 Å². The molecule has 0 spiro atoms. The maximum Gasteiger partial charge on any atom is 0.259 e. The number of hydrogen-bond donors (Lipinski definition) is 1. The maximum atomic E-state index is 11.3. The second-order valence-corrected chi connectivity index (χ2v) is 5.06. The van der Waals surface area contributed by atoms with Gasteiger partial charge in [-0.05, 0) is 6.08 Å². The van der Waals surface area contributed by atoms with E-state index in [0.29, 0.717) is 0 Å². The average Bonchev–Trinajstić information content (AvgIpc) is 2.28. The van der Waals surface area contributed by atoms with Crippen LogP contribution in [0.1, 0.15) is 12.8 Å². The number of aliphatic hydroxyl groups excluding tert-OH is 1. The third-order valence-electron chi connectivity index (χ3n) is 3.74. The van der Waals surface area contributed by atoms with Crippen molar-refractivity contribution in [1.82, 2.24) is 4.90 Å². The van der Waals surface area contributed by atoms with Gasteiger partial charge in [-0.15, -0.1) is 0 Å². The molecule has 2 atom stereocenters. The van der Waals surface area contributed by atoms with E-state index in [1.807, 2.05) is 0 Å². The molecule has 0 saturated carbocycles. The molecule has 1 saturated heterocycles. The summed E-state index contributed by atoms with van der Waals surface area (Å²) in [4.78, 5) is 23.3. The Kier molecular flexibility index (Phi) is 3.07. The van der Waals surface area contributed by atoms with Gasteiger partial charge in [-0.2, -0.15) is 0 Å². The van der Waals surface area contributed by atoms with Crippen LogP contribution >= 0.6 is 0 Å². The maximum absolute atomic E-state index is 11.3. The molecule has 2 rings (SSSR count). The van der Waals surface area contributed by atoms with Crippen molar-refractivity contribution in [2.45, 2.75) is 23.9 Å². The van der Waals surface area contributed by atoms with E-state index in [9.17, 15) is 20.2 Å². The molecule has 0 aromatic carbocycles. The molecule has 2 aliphatic rings. The number of fused-ring (bicyclic) bond motifs is 2. The number of aliphatic hydroxyl groups is 1. The Morgan fingerprint density at radius 1 is 1.28 bits per heavy atom. The van der Waals surface area contributed by atoms with E-state index in [2.05, 4.69) is 0 Å². The standard InChI is InChI=1S/C10H15N3O5/c14-5-4-11-7-9(12(15)16)2-1-3-10(6-9,8-11)13(17)18/h1-2,14H,3-8H2/t9-,10-/m1/s1. The molecule has 0 amide bonds. The van der Waals surface area contributed by atoms with E-state index in [1.165, 1.54) is 6.08 Å². The van der Waals surface area contributed by atoms with Crippen molar-refractivity contribution in [3.05, 3.63) is 32.4 Å². The predicted octanol–water partition coefficient (Wildman–Crippen LogP) is -0.325. The van der Waals surface area contributed by atoms with Crippen LogP contribution in [0.2, 0.25) is 0 Å². The summed E-state index contributed by atoms with van der Waals surface area (Å²) in [6.45, 7) is 0.331. The molecule has 1 fully saturated rings. The fraction of sp³-hybridized carbons (Fsp3) is 0.800. The van der Waals surface area contributed by atoms with E-state index in [1.54, 1.807) is 11.0 Å². The van der Waals surface area contributed by atoms with Crippen LogP contribution < -0.4 is 0 Å². The lowest BCUT2D eigenvalue weighted by Gasteiger charge is -2.43. The number of nitrogens with zero attached hydrogens (tertiary/aromatic N) is 3. The van der Waals surface area contributed by atoms with Gasteiger partial charge in [0.2, 0.25) is 5.54 Å². The summed E-state index contributed by atoms with van der Waals surface area (Å²) in [5.74, 6) is 0. The topological polar surface area (TPSA) is 110 Å². The molecule has 0 aromatic heterocycles. The van der Waals surface area contributed by atoms with Crippen molar-refractivity contribution in [2.24, 2.45) is 0 Å². The molecule has 8 nitrogen and oxygen atoms in total. The summed E-state index contributed by atoms with van der Waals surface area (Å²) >= 11 is 0. The zero-order chi connectivity index (χ0) is 13.4. The van der Waals surface area contributed by atoms with Gasteiger partial charge in [0.1, 0.15) is 0 Å². The lowest BCUT2D eigenvalue weighted by molar-refractivity contribution is -0.619. The molecule has 100 valence electrons. The number of piperidine rings is 1. The molecular formula is C10H15N3O5. The van der Waals surface area contributed by atoms with Crippen LogP contribution in [0.15, 0.2) is 12.2 Å². The quantitative estimate of drug-likeness (QED) is 0.419. The highest BCUT2D eigenvalue weighted by Gasteiger charge is 2.62. The Balaban J connectivity index is 2.38. The molecule has 8 heteroatoms. The highest BCUT2D eigenvalue weighted by molar-refractivity contribution is 5.17. The SMILES string of the molecule is O=[N+]([O-])[C@@]12C=CC[C@]([N+](=O)[O-])(CN(CCO)C1)C2. The van der Waals surface area contributed by atoms with Crippen LogP contribution in [0.3, 0.4) is 0 Å². The number of β-amino-alcohol motifs (C(OH)–C–C–N with tert-alkyl or cyclic N) is 1. The Morgan fingerprint density at radius 3 is 2.56 bits per heavy atom. The van der Waals surface area contributed by atoms with Gasteiger partial charge in [0.25, 0.3) is 5.54 Å². The number of hydrogen-bond acceptors (Lipinski definition) is 6. The lowest BCUT2D eigenvalue weighted by Crippen LogP contribution is -2.66. The number of likely N-dealkylation sites (tertiary alicyclic amines) is 1. The van der Waals surface area contributed by atoms with Crippen LogP contribution in [0.5, 0.6) is 0 Å². The normalized spacial score (nSPS) is 35.4. The minimum Gasteiger partial charge on any atom is -0.395 e. The first-order valence-corrected chi connectivity index (χ1v) is 5.74. The number of nitro groups is 2. The first kappa shape index (κ1) is 12.9. The second kappa shape index (κ2) is 4.29. The van der Waals surface area contributed by atoms with E-state index < -0.39 is 20.9 Å². The van der Waals surface area contributed by atoms with Crippen LogP contribution in [-0.4, -0.2) is 57.2 Å². The Hall–Kier alpha value is -1.54. The first-order chi connectivity index (χ1) is 8.44. The van der Waals surface area contributed by atoms with Crippen molar-refractivity contribution in [3.63, 3.8) is 0 Å². The fourth-order valence-electron chi connectivity index (χ4n) is 2.97. The monoisotopic (exact) mass is 257 g/mol. The van der Waals surface area contributed by atoms with Gasteiger partial charge < -0.3 is 5.11 Å². The minimum absolute atomic E-state index is 0.0710. The summed E-state index contributed by atoms with van der Waals surface area (Å²) < 4.78 is 0. The molecule has 1 aliphatic heterocycles. The molecule has 0 radical (unpaired) electrons. The zero-order valence-corrected chi connectivity index (χ0v) is 9.82. The molecule has 1 aliphatic carbocycles. The second-order valence-electron chi connectivity index (χ2n) is 5.06. The lowest BCUT2D eigenvalue weighted by atomic mass is 9.72. The van der Waals surface area contributed by atoms with Crippen molar-refractivity contribution in [3.8, 4) is 0 Å². The van der Waals surface area contributed by atoms with Crippen molar-refractivity contribution < 1.29 is 15.0 Å². The van der Waals surface area contributed by atoms with E-state index in [4.69, 9.17) is 5.11 Å². The summed E-state index contributed by atoms with van der Waals surface area (Å²) in [5.41, 5.74) is -2.69. The predicted molar refractivity (Wildman–Crippen MR) is 61.4 cm³/mol. The van der Waals surface area contributed by atoms with Crippen molar-refractivity contribution >= 4 is 0 Å². The number of rotatable bonds is 4. The van der Waals surface area contributed by atoms with Crippen LogP contribution in [-0.2, 0) is 0 Å². The fourth-order valence-corrected chi connectivity index (χ4v) is 2.97. The average molecular weight is 257 g/mol. The summed E-state index contributed by atoms with van der Waals surface area (Å²) in [6, 6.07) is 0. The zero-order valence-electron chi connectivity index (χ0n) is 9.82. The van der Waals surface area contributed by atoms with Gasteiger partial charge in [-0.3, -0.25) is 25.1 Å². The smallest absolute Gasteiger partial charge is 0.259 e. The molecular weight excluding hydrogens is 242 g/mol. The van der Waals surface area contributed by atoms with Gasteiger partial charge >= 0.3 is 0 Å². The highest BCUT2D eigenvalue weighted by atomic mass is 16.6. The van der Waals surface area contributed by atoms with Gasteiger partial charge in [0, 0.05) is 22.8 Å². The van der Waals surface area contributed by atoms with E-state index in [-0.39, 0.29) is 39.1 Å². The molecule has 1 heterocycles. The van der Waals surface area contributed by atoms with E-state index in [0.717, 1.165) is 0 Å². The third-order valence-corrected chi connectivity index (χ3v) is 3.74. The van der Waals surface area contributed by atoms with Gasteiger partial charge in [-0.1, -0.05) is 6.08 Å². The molecule has 18 heavy (non-hydrogen) atoms. The Morgan fingerprint density at radius 2 is 2.00 bits per heavy atom. The molecule has 0 unspecified atom stereocenters.